The summed E-state index contributed by atoms with van der Waals surface area (Å²) in [7, 11) is 0. The van der Waals surface area contributed by atoms with Gasteiger partial charge in [0.15, 0.2) is 6.04 Å². The first-order valence-electron chi connectivity index (χ1n) is 11.1. The summed E-state index contributed by atoms with van der Waals surface area (Å²) in [5.74, 6) is -2.19. The summed E-state index contributed by atoms with van der Waals surface area (Å²) >= 11 is 0. The summed E-state index contributed by atoms with van der Waals surface area (Å²) in [6.45, 7) is 1.71. The van der Waals surface area contributed by atoms with Gasteiger partial charge < -0.3 is 19.3 Å². The van der Waals surface area contributed by atoms with Crippen LogP contribution in [-0.2, 0) is 16.0 Å². The maximum Gasteiger partial charge on any atom is 0.340 e. The average Bonchev–Trinajstić information content (AvgIpc) is 3.27. The van der Waals surface area contributed by atoms with E-state index in [0.717, 1.165) is 16.5 Å². The highest BCUT2D eigenvalue weighted by Crippen LogP contribution is 2.34. The highest BCUT2D eigenvalue weighted by molar-refractivity contribution is 6.02. The molecule has 0 radical (unpaired) electrons. The zero-order valence-corrected chi connectivity index (χ0v) is 19.1. The van der Waals surface area contributed by atoms with Crippen molar-refractivity contribution in [3.63, 3.8) is 0 Å². The van der Waals surface area contributed by atoms with Crippen molar-refractivity contribution in [2.75, 3.05) is 0 Å². The van der Waals surface area contributed by atoms with Crippen LogP contribution in [0.1, 0.15) is 22.7 Å². The Balaban J connectivity index is 1.51. The highest BCUT2D eigenvalue weighted by Gasteiger charge is 2.24. The molecule has 0 aliphatic carbocycles. The third kappa shape index (κ3) is 4.24. The second-order valence-corrected chi connectivity index (χ2v) is 8.42. The predicted octanol–water partition coefficient (Wildman–Crippen LogP) is 5.14. The number of carbonyl (C=O) groups excluding carboxylic acids is 1. The number of aliphatic carboxylic acids is 1. The van der Waals surface area contributed by atoms with Crippen LogP contribution in [0.5, 0.6) is 0 Å². The molecule has 0 saturated heterocycles. The van der Waals surface area contributed by atoms with Crippen molar-refractivity contribution < 1.29 is 27.9 Å². The maximum atomic E-state index is 13.4. The number of hydrogen-bond donors (Lipinski definition) is 2. The number of carboxylic acids is 1. The minimum absolute atomic E-state index is 0.128. The number of hydrogen-bond acceptors (Lipinski definition) is 5. The fourth-order valence-electron chi connectivity index (χ4n) is 4.27. The molecule has 0 fully saturated rings. The van der Waals surface area contributed by atoms with Crippen LogP contribution < -0.4 is 10.9 Å². The quantitative estimate of drug-likeness (QED) is 0.323. The Morgan fingerprint density at radius 1 is 1.00 bits per heavy atom. The van der Waals surface area contributed by atoms with Crippen LogP contribution in [0.25, 0.3) is 33.1 Å². The summed E-state index contributed by atoms with van der Waals surface area (Å²) in [5.41, 5.74) is 2.67. The van der Waals surface area contributed by atoms with E-state index in [-0.39, 0.29) is 17.8 Å². The topological polar surface area (TPSA) is 110 Å². The Hall–Kier alpha value is -4.72. The molecule has 2 heterocycles. The minimum Gasteiger partial charge on any atom is -0.479 e. The number of aryl methyl sites for hydroxylation is 1. The molecule has 7 nitrogen and oxygen atoms in total. The van der Waals surface area contributed by atoms with Crippen LogP contribution in [0.3, 0.4) is 0 Å². The Morgan fingerprint density at radius 2 is 1.72 bits per heavy atom. The van der Waals surface area contributed by atoms with E-state index < -0.39 is 23.5 Å². The number of carboxylic acid groups (broad SMARTS) is 1. The average molecular weight is 485 g/mol. The molecule has 36 heavy (non-hydrogen) atoms. The second-order valence-electron chi connectivity index (χ2n) is 8.42. The van der Waals surface area contributed by atoms with E-state index in [4.69, 9.17) is 8.83 Å². The molecule has 5 rings (SSSR count). The maximum absolute atomic E-state index is 13.4. The molecule has 5 aromatic rings. The molecule has 3 aromatic carbocycles. The van der Waals surface area contributed by atoms with Crippen LogP contribution in [0.2, 0.25) is 0 Å². The van der Waals surface area contributed by atoms with Crippen molar-refractivity contribution >= 4 is 33.8 Å². The van der Waals surface area contributed by atoms with Gasteiger partial charge in [-0.05, 0) is 41.8 Å². The van der Waals surface area contributed by atoms with Crippen LogP contribution in [0.15, 0.2) is 86.6 Å². The molecule has 2 N–H and O–H groups in total. The number of fused-ring (bicyclic) bond motifs is 2. The number of halogens is 1. The lowest BCUT2D eigenvalue weighted by molar-refractivity contribution is -0.142. The molecule has 1 atom stereocenters. The van der Waals surface area contributed by atoms with Gasteiger partial charge in [0, 0.05) is 22.4 Å². The molecule has 8 heteroatoms. The zero-order valence-electron chi connectivity index (χ0n) is 19.1. The number of carbonyl (C=O) groups is 2. The lowest BCUT2D eigenvalue weighted by Gasteiger charge is -2.15. The van der Waals surface area contributed by atoms with E-state index in [1.54, 1.807) is 67.8 Å². The van der Waals surface area contributed by atoms with Crippen LogP contribution in [0.4, 0.5) is 4.39 Å². The van der Waals surface area contributed by atoms with Gasteiger partial charge in [-0.1, -0.05) is 42.5 Å². The number of nitrogens with one attached hydrogen (secondary N) is 1. The van der Waals surface area contributed by atoms with Crippen LogP contribution >= 0.6 is 0 Å². The molecule has 1 amide bonds. The highest BCUT2D eigenvalue weighted by atomic mass is 19.1. The Kier molecular flexibility index (Phi) is 5.85. The fraction of sp³-hybridized carbons (Fsp3) is 0.107. The van der Waals surface area contributed by atoms with E-state index in [0.29, 0.717) is 27.7 Å². The van der Waals surface area contributed by atoms with E-state index in [9.17, 15) is 23.9 Å². The van der Waals surface area contributed by atoms with Crippen molar-refractivity contribution in [3.05, 3.63) is 106 Å². The summed E-state index contributed by atoms with van der Waals surface area (Å²) in [4.78, 5) is 37.3. The second kappa shape index (κ2) is 9.14. The van der Waals surface area contributed by atoms with E-state index in [1.807, 2.05) is 0 Å². The number of furan rings is 1. The standard InChI is InChI=1S/C28H20FNO6/c1-15-19-11-21-22(16-7-9-18(29)10-8-16)14-35-23(21)13-24(19)36-28(34)20(15)12-25(31)30-26(27(32)33)17-5-3-2-4-6-17/h2-11,13-14,26H,12H2,1H3,(H,30,31)(H,32,33)/t26-/m1/s1. The monoisotopic (exact) mass is 485 g/mol. The normalized spacial score (nSPS) is 12.1. The third-order valence-electron chi connectivity index (χ3n) is 6.16. The molecule has 0 spiro atoms. The largest absolute Gasteiger partial charge is 0.479 e. The van der Waals surface area contributed by atoms with Gasteiger partial charge in [-0.2, -0.15) is 0 Å². The van der Waals surface area contributed by atoms with Crippen molar-refractivity contribution in [1.29, 1.82) is 0 Å². The molecule has 0 aliphatic rings. The van der Waals surface area contributed by atoms with Crippen molar-refractivity contribution in [1.82, 2.24) is 5.32 Å². The Labute approximate surface area is 203 Å². The molecule has 0 unspecified atom stereocenters. The van der Waals surface area contributed by atoms with Gasteiger partial charge in [0.1, 0.15) is 17.0 Å². The molecule has 0 aliphatic heterocycles. The van der Waals surface area contributed by atoms with Gasteiger partial charge in [-0.3, -0.25) is 4.79 Å². The zero-order chi connectivity index (χ0) is 25.4. The van der Waals surface area contributed by atoms with Crippen LogP contribution in [-0.4, -0.2) is 17.0 Å². The predicted molar refractivity (Wildman–Crippen MR) is 131 cm³/mol. The van der Waals surface area contributed by atoms with E-state index in [1.165, 1.54) is 12.1 Å². The minimum atomic E-state index is -1.25. The summed E-state index contributed by atoms with van der Waals surface area (Å²) in [6.07, 6.45) is 1.20. The van der Waals surface area contributed by atoms with Crippen LogP contribution in [0, 0.1) is 12.7 Å². The first-order valence-corrected chi connectivity index (χ1v) is 11.1. The lowest BCUT2D eigenvalue weighted by Crippen LogP contribution is -2.35. The van der Waals surface area contributed by atoms with Crippen molar-refractivity contribution in [2.24, 2.45) is 0 Å². The molecule has 2 aromatic heterocycles. The van der Waals surface area contributed by atoms with Gasteiger partial charge in [0.05, 0.1) is 18.2 Å². The smallest absolute Gasteiger partial charge is 0.340 e. The molecular formula is C28H20FNO6. The Bertz CT molecular complexity index is 1670. The molecule has 0 saturated carbocycles. The molecule has 180 valence electrons. The van der Waals surface area contributed by atoms with Gasteiger partial charge >= 0.3 is 11.6 Å². The summed E-state index contributed by atoms with van der Waals surface area (Å²) in [5, 5.41) is 13.4. The summed E-state index contributed by atoms with van der Waals surface area (Å²) in [6, 6.07) is 16.4. The van der Waals surface area contributed by atoms with Gasteiger partial charge in [-0.25, -0.2) is 14.0 Å². The number of amides is 1. The lowest BCUT2D eigenvalue weighted by atomic mass is 9.99. The first kappa shape index (κ1) is 23.0. The van der Waals surface area contributed by atoms with Crippen molar-refractivity contribution in [2.45, 2.75) is 19.4 Å². The van der Waals surface area contributed by atoms with E-state index >= 15 is 0 Å². The van der Waals surface area contributed by atoms with Gasteiger partial charge in [0.25, 0.3) is 0 Å². The fourth-order valence-corrected chi connectivity index (χ4v) is 4.27. The SMILES string of the molecule is Cc1c(CC(=O)N[C@@H](C(=O)O)c2ccccc2)c(=O)oc2cc3occ(-c4ccc(F)cc4)c3cc12. The van der Waals surface area contributed by atoms with Crippen molar-refractivity contribution in [3.8, 4) is 11.1 Å². The first-order chi connectivity index (χ1) is 17.3. The number of rotatable bonds is 6. The number of benzene rings is 3. The Morgan fingerprint density at radius 3 is 2.42 bits per heavy atom. The van der Waals surface area contributed by atoms with Gasteiger partial charge in [-0.15, -0.1) is 0 Å². The third-order valence-corrected chi connectivity index (χ3v) is 6.16. The van der Waals surface area contributed by atoms with E-state index in [2.05, 4.69) is 5.32 Å². The summed E-state index contributed by atoms with van der Waals surface area (Å²) < 4.78 is 24.5. The van der Waals surface area contributed by atoms with Gasteiger partial charge in [0.2, 0.25) is 5.91 Å². The molecular weight excluding hydrogens is 465 g/mol. The molecule has 0 bridgehead atoms.